The molecule has 7 heteroatoms. The SMILES string of the molecule is CC(=O)N1CCN(C(=O)Cc2cn3cc(Cl)ccc3n2)CC1. The van der Waals surface area contributed by atoms with E-state index in [0.29, 0.717) is 31.2 Å². The van der Waals surface area contributed by atoms with Crippen molar-refractivity contribution in [3.8, 4) is 0 Å². The molecule has 1 fully saturated rings. The van der Waals surface area contributed by atoms with Crippen molar-refractivity contribution in [2.24, 2.45) is 0 Å². The molecule has 0 atom stereocenters. The van der Waals surface area contributed by atoms with Crippen LogP contribution in [0.15, 0.2) is 24.5 Å². The first kappa shape index (κ1) is 14.8. The third-order valence-corrected chi connectivity index (χ3v) is 4.10. The lowest BCUT2D eigenvalue weighted by Gasteiger charge is -2.34. The molecule has 1 aliphatic rings. The standard InChI is InChI=1S/C15H17ClN4O2/c1-11(21)18-4-6-19(7-5-18)15(22)8-13-10-20-9-12(16)2-3-14(20)17-13/h2-3,9-10H,4-8H2,1H3. The summed E-state index contributed by atoms with van der Waals surface area (Å²) in [5.41, 5.74) is 1.50. The van der Waals surface area contributed by atoms with Crippen LogP contribution in [0.3, 0.4) is 0 Å². The first-order valence-electron chi connectivity index (χ1n) is 7.19. The van der Waals surface area contributed by atoms with Crippen LogP contribution in [0.25, 0.3) is 5.65 Å². The van der Waals surface area contributed by atoms with E-state index in [1.54, 1.807) is 29.0 Å². The predicted molar refractivity (Wildman–Crippen MR) is 82.7 cm³/mol. The van der Waals surface area contributed by atoms with Crippen LogP contribution in [-0.2, 0) is 16.0 Å². The first-order chi connectivity index (χ1) is 10.5. The van der Waals surface area contributed by atoms with E-state index in [-0.39, 0.29) is 18.2 Å². The molecular formula is C15H17ClN4O2. The number of fused-ring (bicyclic) bond motifs is 1. The van der Waals surface area contributed by atoms with Gasteiger partial charge in [-0.15, -0.1) is 0 Å². The van der Waals surface area contributed by atoms with Gasteiger partial charge in [-0.1, -0.05) is 11.6 Å². The summed E-state index contributed by atoms with van der Waals surface area (Å²) < 4.78 is 1.82. The van der Waals surface area contributed by atoms with Crippen molar-refractivity contribution in [3.05, 3.63) is 35.2 Å². The summed E-state index contributed by atoms with van der Waals surface area (Å²) >= 11 is 5.94. The van der Waals surface area contributed by atoms with E-state index in [4.69, 9.17) is 11.6 Å². The fraction of sp³-hybridized carbons (Fsp3) is 0.400. The molecule has 3 heterocycles. The molecule has 0 spiro atoms. The number of hydrogen-bond acceptors (Lipinski definition) is 3. The number of amides is 2. The molecule has 1 saturated heterocycles. The van der Waals surface area contributed by atoms with Gasteiger partial charge in [-0.2, -0.15) is 0 Å². The summed E-state index contributed by atoms with van der Waals surface area (Å²) in [6.45, 7) is 3.91. The number of imidazole rings is 1. The smallest absolute Gasteiger partial charge is 0.228 e. The molecule has 2 amide bonds. The molecule has 0 aromatic carbocycles. The van der Waals surface area contributed by atoms with Crippen molar-refractivity contribution < 1.29 is 9.59 Å². The topological polar surface area (TPSA) is 57.9 Å². The molecule has 0 bridgehead atoms. The lowest BCUT2D eigenvalue weighted by Crippen LogP contribution is -2.50. The van der Waals surface area contributed by atoms with E-state index in [2.05, 4.69) is 4.98 Å². The van der Waals surface area contributed by atoms with Crippen LogP contribution < -0.4 is 0 Å². The largest absolute Gasteiger partial charge is 0.339 e. The highest BCUT2D eigenvalue weighted by Gasteiger charge is 2.22. The van der Waals surface area contributed by atoms with Crippen LogP contribution in [0.4, 0.5) is 0 Å². The Morgan fingerprint density at radius 2 is 1.82 bits per heavy atom. The van der Waals surface area contributed by atoms with E-state index >= 15 is 0 Å². The zero-order chi connectivity index (χ0) is 15.7. The van der Waals surface area contributed by atoms with Gasteiger partial charge >= 0.3 is 0 Å². The van der Waals surface area contributed by atoms with E-state index in [1.165, 1.54) is 0 Å². The van der Waals surface area contributed by atoms with Crippen LogP contribution in [0.2, 0.25) is 5.02 Å². The molecular weight excluding hydrogens is 304 g/mol. The Labute approximate surface area is 133 Å². The number of aromatic nitrogens is 2. The Bertz CT molecular complexity index is 719. The van der Waals surface area contributed by atoms with Crippen molar-refractivity contribution in [2.45, 2.75) is 13.3 Å². The zero-order valence-corrected chi connectivity index (χ0v) is 13.1. The van der Waals surface area contributed by atoms with Gasteiger partial charge in [0, 0.05) is 45.5 Å². The zero-order valence-electron chi connectivity index (χ0n) is 12.3. The normalized spacial score (nSPS) is 15.4. The maximum Gasteiger partial charge on any atom is 0.228 e. The van der Waals surface area contributed by atoms with Gasteiger partial charge in [0.2, 0.25) is 11.8 Å². The second kappa shape index (κ2) is 5.96. The monoisotopic (exact) mass is 320 g/mol. The molecule has 116 valence electrons. The van der Waals surface area contributed by atoms with E-state index in [1.807, 2.05) is 16.7 Å². The summed E-state index contributed by atoms with van der Waals surface area (Å²) in [5, 5.41) is 0.628. The Balaban J connectivity index is 1.65. The number of rotatable bonds is 2. The third kappa shape index (κ3) is 3.06. The van der Waals surface area contributed by atoms with Gasteiger partial charge in [0.25, 0.3) is 0 Å². The summed E-state index contributed by atoms with van der Waals surface area (Å²) in [6.07, 6.45) is 3.85. The predicted octanol–water partition coefficient (Wildman–Crippen LogP) is 1.22. The summed E-state index contributed by atoms with van der Waals surface area (Å²) in [5.74, 6) is 0.0991. The molecule has 2 aromatic heterocycles. The highest BCUT2D eigenvalue weighted by molar-refractivity contribution is 6.30. The molecule has 1 aliphatic heterocycles. The lowest BCUT2D eigenvalue weighted by atomic mass is 10.2. The summed E-state index contributed by atoms with van der Waals surface area (Å²) in [6, 6.07) is 3.60. The summed E-state index contributed by atoms with van der Waals surface area (Å²) in [4.78, 5) is 31.6. The average molecular weight is 321 g/mol. The van der Waals surface area contributed by atoms with Crippen LogP contribution in [0, 0.1) is 0 Å². The molecule has 6 nitrogen and oxygen atoms in total. The Morgan fingerprint density at radius 3 is 2.50 bits per heavy atom. The van der Waals surface area contributed by atoms with Gasteiger partial charge < -0.3 is 14.2 Å². The Morgan fingerprint density at radius 1 is 1.14 bits per heavy atom. The van der Waals surface area contributed by atoms with Gasteiger partial charge in [0.1, 0.15) is 5.65 Å². The van der Waals surface area contributed by atoms with Crippen LogP contribution >= 0.6 is 11.6 Å². The molecule has 3 rings (SSSR count). The quantitative estimate of drug-likeness (QED) is 0.836. The fourth-order valence-electron chi connectivity index (χ4n) is 2.64. The van der Waals surface area contributed by atoms with Gasteiger partial charge in [0.15, 0.2) is 0 Å². The van der Waals surface area contributed by atoms with E-state index in [9.17, 15) is 9.59 Å². The molecule has 22 heavy (non-hydrogen) atoms. The highest BCUT2D eigenvalue weighted by atomic mass is 35.5. The first-order valence-corrected chi connectivity index (χ1v) is 7.57. The molecule has 0 N–H and O–H groups in total. The lowest BCUT2D eigenvalue weighted by molar-refractivity contribution is -0.138. The van der Waals surface area contributed by atoms with Crippen LogP contribution in [0.5, 0.6) is 0 Å². The molecule has 2 aromatic rings. The molecule has 0 unspecified atom stereocenters. The van der Waals surface area contributed by atoms with Gasteiger partial charge in [0.05, 0.1) is 17.1 Å². The van der Waals surface area contributed by atoms with Crippen molar-refractivity contribution in [1.29, 1.82) is 0 Å². The van der Waals surface area contributed by atoms with Crippen LogP contribution in [0.1, 0.15) is 12.6 Å². The van der Waals surface area contributed by atoms with Crippen molar-refractivity contribution >= 4 is 29.1 Å². The second-order valence-corrected chi connectivity index (χ2v) is 5.85. The average Bonchev–Trinajstić information content (AvgIpc) is 2.88. The number of carbonyl (C=O) groups is 2. The Kier molecular flexibility index (Phi) is 4.02. The maximum absolute atomic E-state index is 12.3. The number of halogens is 1. The highest BCUT2D eigenvalue weighted by Crippen LogP contribution is 2.13. The van der Waals surface area contributed by atoms with Crippen molar-refractivity contribution in [1.82, 2.24) is 19.2 Å². The number of pyridine rings is 1. The van der Waals surface area contributed by atoms with Crippen LogP contribution in [-0.4, -0.2) is 57.2 Å². The maximum atomic E-state index is 12.3. The number of piperazine rings is 1. The number of nitrogens with zero attached hydrogens (tertiary/aromatic N) is 4. The number of carbonyl (C=O) groups excluding carboxylic acids is 2. The summed E-state index contributed by atoms with van der Waals surface area (Å²) in [7, 11) is 0. The van der Waals surface area contributed by atoms with Gasteiger partial charge in [-0.05, 0) is 12.1 Å². The van der Waals surface area contributed by atoms with Gasteiger partial charge in [-0.25, -0.2) is 4.98 Å². The molecule has 0 radical (unpaired) electrons. The minimum absolute atomic E-state index is 0.0395. The fourth-order valence-corrected chi connectivity index (χ4v) is 2.81. The molecule has 0 saturated carbocycles. The van der Waals surface area contributed by atoms with E-state index < -0.39 is 0 Å². The minimum Gasteiger partial charge on any atom is -0.339 e. The van der Waals surface area contributed by atoms with Crippen molar-refractivity contribution in [2.75, 3.05) is 26.2 Å². The second-order valence-electron chi connectivity index (χ2n) is 5.41. The van der Waals surface area contributed by atoms with E-state index in [0.717, 1.165) is 11.3 Å². The molecule has 0 aliphatic carbocycles. The Hall–Kier alpha value is -2.08. The van der Waals surface area contributed by atoms with Gasteiger partial charge in [-0.3, -0.25) is 9.59 Å². The number of hydrogen-bond donors (Lipinski definition) is 0. The third-order valence-electron chi connectivity index (χ3n) is 3.87. The minimum atomic E-state index is 0.0395. The van der Waals surface area contributed by atoms with Crippen molar-refractivity contribution in [3.63, 3.8) is 0 Å².